The van der Waals surface area contributed by atoms with Crippen LogP contribution >= 0.6 is 0 Å². The highest BCUT2D eigenvalue weighted by molar-refractivity contribution is 5.78. The molecule has 0 bridgehead atoms. The fourth-order valence-corrected chi connectivity index (χ4v) is 3.08. The summed E-state index contributed by atoms with van der Waals surface area (Å²) < 4.78 is 16.8. The van der Waals surface area contributed by atoms with Gasteiger partial charge in [0.05, 0.1) is 25.8 Å². The number of carbonyl (C=O) groups is 1. The zero-order chi connectivity index (χ0) is 15.4. The van der Waals surface area contributed by atoms with Crippen LogP contribution in [-0.4, -0.2) is 60.9 Å². The largest absolute Gasteiger partial charge is 0.375 e. The summed E-state index contributed by atoms with van der Waals surface area (Å²) >= 11 is 0. The van der Waals surface area contributed by atoms with Crippen molar-refractivity contribution >= 4 is 5.91 Å². The molecule has 1 atom stereocenters. The molecule has 120 valence electrons. The molecular weight excluding hydrogens is 284 g/mol. The zero-order valence-electron chi connectivity index (χ0n) is 12.9. The van der Waals surface area contributed by atoms with E-state index in [2.05, 4.69) is 4.98 Å². The monoisotopic (exact) mass is 306 g/mol. The maximum Gasteiger partial charge on any atom is 0.248 e. The lowest BCUT2D eigenvalue weighted by atomic mass is 9.84. The third-order valence-corrected chi connectivity index (χ3v) is 4.26. The first-order valence-electron chi connectivity index (χ1n) is 7.62. The summed E-state index contributed by atoms with van der Waals surface area (Å²) in [5.74, 6) is 0.0246. The molecule has 6 nitrogen and oxygen atoms in total. The molecule has 3 heterocycles. The maximum atomic E-state index is 11.8. The number of pyridine rings is 1. The third kappa shape index (κ3) is 3.45. The van der Waals surface area contributed by atoms with Gasteiger partial charge in [-0.3, -0.25) is 9.78 Å². The van der Waals surface area contributed by atoms with Crippen molar-refractivity contribution in [1.82, 2.24) is 9.88 Å². The molecule has 1 unspecified atom stereocenters. The van der Waals surface area contributed by atoms with Gasteiger partial charge in [0.15, 0.2) is 0 Å². The van der Waals surface area contributed by atoms with Gasteiger partial charge >= 0.3 is 0 Å². The van der Waals surface area contributed by atoms with E-state index >= 15 is 0 Å². The molecule has 2 saturated heterocycles. The van der Waals surface area contributed by atoms with Crippen molar-refractivity contribution < 1.29 is 19.0 Å². The van der Waals surface area contributed by atoms with Crippen LogP contribution in [0.3, 0.4) is 0 Å². The smallest absolute Gasteiger partial charge is 0.248 e. The molecule has 1 aromatic rings. The lowest BCUT2D eigenvalue weighted by Gasteiger charge is -2.52. The molecule has 0 aromatic carbocycles. The van der Waals surface area contributed by atoms with Crippen molar-refractivity contribution in [3.63, 3.8) is 0 Å². The Kier molecular flexibility index (Phi) is 4.71. The van der Waals surface area contributed by atoms with Crippen LogP contribution in [0.4, 0.5) is 0 Å². The number of likely N-dealkylation sites (tertiary alicyclic amines) is 1. The normalized spacial score (nSPS) is 23.3. The quantitative estimate of drug-likeness (QED) is 0.812. The molecule has 0 radical (unpaired) electrons. The summed E-state index contributed by atoms with van der Waals surface area (Å²) in [7, 11) is 1.54. The van der Waals surface area contributed by atoms with Crippen LogP contribution in [0, 0.1) is 0 Å². The highest BCUT2D eigenvalue weighted by Gasteiger charge is 2.49. The van der Waals surface area contributed by atoms with Crippen LogP contribution in [-0.2, 0) is 25.6 Å². The Bertz CT molecular complexity index is 502. The van der Waals surface area contributed by atoms with Gasteiger partial charge in [-0.2, -0.15) is 0 Å². The summed E-state index contributed by atoms with van der Waals surface area (Å²) in [6.45, 7) is 2.70. The molecule has 3 rings (SSSR count). The zero-order valence-corrected chi connectivity index (χ0v) is 12.9. The van der Waals surface area contributed by atoms with E-state index in [-0.39, 0.29) is 24.2 Å². The van der Waals surface area contributed by atoms with Crippen molar-refractivity contribution in [3.8, 4) is 0 Å². The number of amides is 1. The van der Waals surface area contributed by atoms with Crippen molar-refractivity contribution in [2.24, 2.45) is 0 Å². The second kappa shape index (κ2) is 6.73. The lowest BCUT2D eigenvalue weighted by molar-refractivity contribution is -0.203. The van der Waals surface area contributed by atoms with Gasteiger partial charge in [-0.15, -0.1) is 0 Å². The van der Waals surface area contributed by atoms with Crippen molar-refractivity contribution in [2.45, 2.75) is 31.2 Å². The van der Waals surface area contributed by atoms with Crippen LogP contribution in [0.1, 0.15) is 18.4 Å². The van der Waals surface area contributed by atoms with Crippen molar-refractivity contribution in [3.05, 3.63) is 30.1 Å². The number of aromatic nitrogens is 1. The minimum Gasteiger partial charge on any atom is -0.375 e. The Morgan fingerprint density at radius 3 is 2.95 bits per heavy atom. The molecule has 0 saturated carbocycles. The molecule has 0 N–H and O–H groups in total. The number of carbonyl (C=O) groups excluding carboxylic acids is 1. The highest BCUT2D eigenvalue weighted by Crippen LogP contribution is 2.35. The van der Waals surface area contributed by atoms with E-state index in [1.165, 1.54) is 7.11 Å². The van der Waals surface area contributed by atoms with Crippen molar-refractivity contribution in [2.75, 3.05) is 33.4 Å². The van der Waals surface area contributed by atoms with E-state index in [9.17, 15) is 4.79 Å². The number of methoxy groups -OCH3 is 1. The molecule has 2 aliphatic heterocycles. The van der Waals surface area contributed by atoms with E-state index < -0.39 is 0 Å². The van der Waals surface area contributed by atoms with Gasteiger partial charge in [0.2, 0.25) is 5.91 Å². The standard InChI is InChI=1S/C16H22N2O4/c1-20-10-15(19)18-11-16(12-18)8-14(4-7-22-16)21-9-13-2-5-17-6-3-13/h2-3,5-6,14H,4,7-12H2,1H3. The Balaban J connectivity index is 1.47. The van der Waals surface area contributed by atoms with Gasteiger partial charge in [-0.05, 0) is 24.1 Å². The van der Waals surface area contributed by atoms with Gasteiger partial charge < -0.3 is 19.1 Å². The summed E-state index contributed by atoms with van der Waals surface area (Å²) in [6.07, 6.45) is 5.47. The second-order valence-electron chi connectivity index (χ2n) is 6.00. The summed E-state index contributed by atoms with van der Waals surface area (Å²) in [5, 5.41) is 0. The first-order chi connectivity index (χ1) is 10.7. The van der Waals surface area contributed by atoms with Crippen LogP contribution in [0.15, 0.2) is 24.5 Å². The number of nitrogens with zero attached hydrogens (tertiary/aromatic N) is 2. The Morgan fingerprint density at radius 1 is 1.45 bits per heavy atom. The molecule has 1 aromatic heterocycles. The minimum atomic E-state index is -0.218. The van der Waals surface area contributed by atoms with E-state index in [0.29, 0.717) is 26.3 Å². The average Bonchev–Trinajstić information content (AvgIpc) is 2.52. The Morgan fingerprint density at radius 2 is 2.23 bits per heavy atom. The Labute approximate surface area is 130 Å². The lowest BCUT2D eigenvalue weighted by Crippen LogP contribution is -2.67. The molecule has 2 aliphatic rings. The fourth-order valence-electron chi connectivity index (χ4n) is 3.08. The number of ether oxygens (including phenoxy) is 3. The molecule has 2 fully saturated rings. The van der Waals surface area contributed by atoms with Gasteiger partial charge in [-0.25, -0.2) is 0 Å². The Hall–Kier alpha value is -1.50. The van der Waals surface area contributed by atoms with Gasteiger partial charge in [0.1, 0.15) is 12.2 Å². The van der Waals surface area contributed by atoms with Crippen LogP contribution in [0.25, 0.3) is 0 Å². The van der Waals surface area contributed by atoms with Gasteiger partial charge in [0, 0.05) is 32.5 Å². The van der Waals surface area contributed by atoms with E-state index in [0.717, 1.165) is 18.4 Å². The number of hydrogen-bond donors (Lipinski definition) is 0. The average molecular weight is 306 g/mol. The molecule has 6 heteroatoms. The predicted molar refractivity (Wildman–Crippen MR) is 79.2 cm³/mol. The second-order valence-corrected chi connectivity index (χ2v) is 6.00. The summed E-state index contributed by atoms with van der Waals surface area (Å²) in [5.41, 5.74) is 0.908. The van der Waals surface area contributed by atoms with Crippen molar-refractivity contribution in [1.29, 1.82) is 0 Å². The first kappa shape index (κ1) is 15.4. The molecule has 22 heavy (non-hydrogen) atoms. The van der Waals surface area contributed by atoms with Crippen LogP contribution in [0.5, 0.6) is 0 Å². The minimum absolute atomic E-state index is 0.0246. The highest BCUT2D eigenvalue weighted by atomic mass is 16.5. The third-order valence-electron chi connectivity index (χ3n) is 4.26. The van der Waals surface area contributed by atoms with Gasteiger partial charge in [-0.1, -0.05) is 0 Å². The van der Waals surface area contributed by atoms with E-state index in [4.69, 9.17) is 14.2 Å². The molecular formula is C16H22N2O4. The first-order valence-corrected chi connectivity index (χ1v) is 7.62. The summed E-state index contributed by atoms with van der Waals surface area (Å²) in [6, 6.07) is 3.92. The molecule has 0 aliphatic carbocycles. The van der Waals surface area contributed by atoms with Crippen LogP contribution < -0.4 is 0 Å². The number of hydrogen-bond acceptors (Lipinski definition) is 5. The van der Waals surface area contributed by atoms with Crippen LogP contribution in [0.2, 0.25) is 0 Å². The van der Waals surface area contributed by atoms with Gasteiger partial charge in [0.25, 0.3) is 0 Å². The molecule has 1 amide bonds. The number of rotatable bonds is 5. The summed E-state index contributed by atoms with van der Waals surface area (Å²) in [4.78, 5) is 17.5. The fraction of sp³-hybridized carbons (Fsp3) is 0.625. The van der Waals surface area contributed by atoms with E-state index in [1.54, 1.807) is 17.3 Å². The maximum absolute atomic E-state index is 11.8. The SMILES string of the molecule is COCC(=O)N1CC2(CC(OCc3ccncc3)CCO2)C1. The van der Waals surface area contributed by atoms with E-state index in [1.807, 2.05) is 12.1 Å². The topological polar surface area (TPSA) is 60.9 Å². The predicted octanol–water partition coefficient (Wildman–Crippen LogP) is 1.00. The molecule has 1 spiro atoms.